The molecule has 5 rings (SSSR count). The average Bonchev–Trinajstić information content (AvgIpc) is 3.31. The van der Waals surface area contributed by atoms with E-state index in [0.29, 0.717) is 12.1 Å². The van der Waals surface area contributed by atoms with E-state index in [0.717, 1.165) is 40.2 Å². The first-order chi connectivity index (χ1) is 14.0. The number of pyridine rings is 1. The van der Waals surface area contributed by atoms with Gasteiger partial charge in [0, 0.05) is 37.7 Å². The summed E-state index contributed by atoms with van der Waals surface area (Å²) < 4.78 is 3.99. The van der Waals surface area contributed by atoms with E-state index in [-0.39, 0.29) is 11.9 Å². The maximum atomic E-state index is 13.9. The van der Waals surface area contributed by atoms with Gasteiger partial charge in [-0.3, -0.25) is 9.48 Å². The number of hydrogen-bond acceptors (Lipinski definition) is 3. The molecule has 6 heteroatoms. The third-order valence-corrected chi connectivity index (χ3v) is 5.74. The second-order valence-electron chi connectivity index (χ2n) is 7.66. The van der Waals surface area contributed by atoms with Gasteiger partial charge in [-0.05, 0) is 37.6 Å². The lowest BCUT2D eigenvalue weighted by Gasteiger charge is -2.37. The molecule has 29 heavy (non-hydrogen) atoms. The van der Waals surface area contributed by atoms with Gasteiger partial charge in [-0.15, -0.1) is 0 Å². The Kier molecular flexibility index (Phi) is 4.01. The Hall–Kier alpha value is -3.41. The summed E-state index contributed by atoms with van der Waals surface area (Å²) in [7, 11) is 1.87. The summed E-state index contributed by atoms with van der Waals surface area (Å²) in [6, 6.07) is 16.2. The van der Waals surface area contributed by atoms with Gasteiger partial charge in [-0.25, -0.2) is 4.98 Å². The number of hydrogen-bond donors (Lipinski definition) is 0. The van der Waals surface area contributed by atoms with Crippen molar-refractivity contribution in [3.8, 4) is 0 Å². The minimum Gasteiger partial charge on any atom is -0.348 e. The van der Waals surface area contributed by atoms with Crippen molar-refractivity contribution in [1.82, 2.24) is 24.2 Å². The highest BCUT2D eigenvalue weighted by atomic mass is 16.2. The first-order valence-corrected chi connectivity index (χ1v) is 9.86. The smallest absolute Gasteiger partial charge is 0.255 e. The van der Waals surface area contributed by atoms with Crippen LogP contribution in [0.5, 0.6) is 0 Å². The second kappa shape index (κ2) is 6.58. The topological polar surface area (TPSA) is 56.0 Å². The van der Waals surface area contributed by atoms with Crippen LogP contribution in [0.4, 0.5) is 0 Å². The van der Waals surface area contributed by atoms with Crippen LogP contribution in [0.1, 0.15) is 39.0 Å². The molecule has 0 saturated heterocycles. The summed E-state index contributed by atoms with van der Waals surface area (Å²) in [5.41, 5.74) is 5.34. The van der Waals surface area contributed by atoms with Crippen LogP contribution in [0.15, 0.2) is 54.7 Å². The number of amides is 1. The van der Waals surface area contributed by atoms with Gasteiger partial charge in [0.15, 0.2) is 5.65 Å². The molecular formula is C23H23N5O. The molecule has 4 heterocycles. The Bertz CT molecular complexity index is 1220. The highest BCUT2D eigenvalue weighted by Crippen LogP contribution is 2.34. The Morgan fingerprint density at radius 3 is 2.66 bits per heavy atom. The van der Waals surface area contributed by atoms with Gasteiger partial charge in [-0.1, -0.05) is 30.3 Å². The van der Waals surface area contributed by atoms with Crippen molar-refractivity contribution in [2.75, 3.05) is 6.54 Å². The molecule has 0 fully saturated rings. The Morgan fingerprint density at radius 2 is 1.86 bits per heavy atom. The summed E-state index contributed by atoms with van der Waals surface area (Å²) >= 11 is 0. The first-order valence-electron chi connectivity index (χ1n) is 9.86. The molecule has 0 aliphatic carbocycles. The summed E-state index contributed by atoms with van der Waals surface area (Å²) in [5.74, 6) is 0.0258. The number of carbonyl (C=O) groups is 1. The van der Waals surface area contributed by atoms with E-state index in [4.69, 9.17) is 0 Å². The Morgan fingerprint density at radius 1 is 1.07 bits per heavy atom. The zero-order chi connectivity index (χ0) is 20.1. The lowest BCUT2D eigenvalue weighted by atomic mass is 9.98. The van der Waals surface area contributed by atoms with E-state index in [2.05, 4.69) is 45.1 Å². The molecule has 1 unspecified atom stereocenters. The molecule has 0 saturated carbocycles. The molecule has 0 N–H and O–H groups in total. The fourth-order valence-electron chi connectivity index (χ4n) is 4.48. The third kappa shape index (κ3) is 2.75. The highest BCUT2D eigenvalue weighted by molar-refractivity contribution is 6.06. The van der Waals surface area contributed by atoms with E-state index in [9.17, 15) is 4.79 Å². The molecule has 0 spiro atoms. The van der Waals surface area contributed by atoms with E-state index in [1.54, 1.807) is 4.68 Å². The van der Waals surface area contributed by atoms with Crippen LogP contribution in [0.3, 0.4) is 0 Å². The van der Waals surface area contributed by atoms with Gasteiger partial charge >= 0.3 is 0 Å². The van der Waals surface area contributed by atoms with Crippen molar-refractivity contribution in [3.63, 3.8) is 0 Å². The molecule has 146 valence electrons. The quantitative estimate of drug-likeness (QED) is 0.529. The van der Waals surface area contributed by atoms with Gasteiger partial charge in [0.05, 0.1) is 22.7 Å². The van der Waals surface area contributed by atoms with E-state index in [1.807, 2.05) is 50.1 Å². The fraction of sp³-hybridized carbons (Fsp3) is 0.261. The Balaban J connectivity index is 1.67. The number of aromatic nitrogens is 4. The number of rotatable bonds is 2. The van der Waals surface area contributed by atoms with Crippen molar-refractivity contribution in [2.45, 2.75) is 26.4 Å². The standard InChI is InChI=1S/C23H23N5O/c1-15-14-18(20-16(2)25-26(3)22(20)24-15)23(29)28-13-12-27-11-7-10-19(27)21(28)17-8-5-4-6-9-17/h4-11,14,21H,12-13H2,1-3H3. The third-order valence-electron chi connectivity index (χ3n) is 5.74. The van der Waals surface area contributed by atoms with Crippen LogP contribution in [-0.2, 0) is 13.6 Å². The summed E-state index contributed by atoms with van der Waals surface area (Å²) in [4.78, 5) is 20.5. The second-order valence-corrected chi connectivity index (χ2v) is 7.66. The molecule has 6 nitrogen and oxygen atoms in total. The normalized spacial score (nSPS) is 16.2. The van der Waals surface area contributed by atoms with Crippen molar-refractivity contribution in [1.29, 1.82) is 0 Å². The van der Waals surface area contributed by atoms with Crippen LogP contribution in [-0.4, -0.2) is 36.7 Å². The number of benzene rings is 1. The molecule has 0 radical (unpaired) electrons. The molecule has 1 atom stereocenters. The van der Waals surface area contributed by atoms with Crippen LogP contribution < -0.4 is 0 Å². The maximum absolute atomic E-state index is 13.9. The molecule has 4 aromatic rings. The summed E-state index contributed by atoms with van der Waals surface area (Å²) in [6.07, 6.45) is 2.09. The minimum atomic E-state index is -0.118. The van der Waals surface area contributed by atoms with Crippen LogP contribution in [0.25, 0.3) is 11.0 Å². The van der Waals surface area contributed by atoms with Crippen molar-refractivity contribution < 1.29 is 4.79 Å². The van der Waals surface area contributed by atoms with Crippen molar-refractivity contribution in [3.05, 3.63) is 82.9 Å². The van der Waals surface area contributed by atoms with Crippen LogP contribution in [0.2, 0.25) is 0 Å². The highest BCUT2D eigenvalue weighted by Gasteiger charge is 2.34. The Labute approximate surface area is 169 Å². The molecule has 1 aliphatic heterocycles. The molecular weight excluding hydrogens is 362 g/mol. The van der Waals surface area contributed by atoms with Crippen LogP contribution in [0, 0.1) is 13.8 Å². The zero-order valence-electron chi connectivity index (χ0n) is 16.8. The SMILES string of the molecule is Cc1cc(C(=O)N2CCn3cccc3C2c2ccccc2)c2c(C)nn(C)c2n1. The molecule has 1 aliphatic rings. The van der Waals surface area contributed by atoms with E-state index in [1.165, 1.54) is 0 Å². The monoisotopic (exact) mass is 385 g/mol. The average molecular weight is 385 g/mol. The fourth-order valence-corrected chi connectivity index (χ4v) is 4.48. The van der Waals surface area contributed by atoms with Crippen molar-refractivity contribution >= 4 is 16.9 Å². The first kappa shape index (κ1) is 17.7. The molecule has 1 aromatic carbocycles. The molecule has 1 amide bonds. The minimum absolute atomic E-state index is 0.0258. The lowest BCUT2D eigenvalue weighted by molar-refractivity contribution is 0.0666. The molecule has 3 aromatic heterocycles. The van der Waals surface area contributed by atoms with E-state index < -0.39 is 0 Å². The van der Waals surface area contributed by atoms with Crippen molar-refractivity contribution in [2.24, 2.45) is 7.05 Å². The number of aryl methyl sites for hydroxylation is 3. The van der Waals surface area contributed by atoms with Gasteiger partial charge in [0.25, 0.3) is 5.91 Å². The van der Waals surface area contributed by atoms with E-state index >= 15 is 0 Å². The largest absolute Gasteiger partial charge is 0.348 e. The number of nitrogens with zero attached hydrogens (tertiary/aromatic N) is 5. The number of carbonyl (C=O) groups excluding carboxylic acids is 1. The van der Waals surface area contributed by atoms with Gasteiger partial charge in [0.2, 0.25) is 0 Å². The van der Waals surface area contributed by atoms with Gasteiger partial charge in [0.1, 0.15) is 0 Å². The lowest BCUT2D eigenvalue weighted by Crippen LogP contribution is -2.42. The van der Waals surface area contributed by atoms with Crippen LogP contribution >= 0.6 is 0 Å². The summed E-state index contributed by atoms with van der Waals surface area (Å²) in [6.45, 7) is 5.31. The van der Waals surface area contributed by atoms with Gasteiger partial charge < -0.3 is 9.47 Å². The predicted octanol–water partition coefficient (Wildman–Crippen LogP) is 3.63. The molecule has 0 bridgehead atoms. The van der Waals surface area contributed by atoms with Gasteiger partial charge in [-0.2, -0.15) is 5.10 Å². The summed E-state index contributed by atoms with van der Waals surface area (Å²) in [5, 5.41) is 5.35. The zero-order valence-corrected chi connectivity index (χ0v) is 16.8. The number of fused-ring (bicyclic) bond motifs is 2. The predicted molar refractivity (Wildman–Crippen MR) is 112 cm³/mol. The maximum Gasteiger partial charge on any atom is 0.255 e.